The van der Waals surface area contributed by atoms with Crippen molar-refractivity contribution in [1.82, 2.24) is 4.90 Å². The van der Waals surface area contributed by atoms with Gasteiger partial charge in [0.25, 0.3) is 11.6 Å². The highest BCUT2D eigenvalue weighted by Crippen LogP contribution is 2.44. The average Bonchev–Trinajstić information content (AvgIpc) is 3.40. The lowest BCUT2D eigenvalue weighted by Crippen LogP contribution is -2.48. The Labute approximate surface area is 213 Å². The predicted octanol–water partition coefficient (Wildman–Crippen LogP) is 5.68. The molecule has 0 spiro atoms. The van der Waals surface area contributed by atoms with Crippen LogP contribution in [0, 0.1) is 10.1 Å². The van der Waals surface area contributed by atoms with Crippen LogP contribution in [0.2, 0.25) is 0 Å². The molecule has 184 valence electrons. The van der Waals surface area contributed by atoms with Crippen molar-refractivity contribution in [2.75, 3.05) is 11.7 Å². The molecule has 0 unspecified atom stereocenters. The molecule has 2 aliphatic rings. The number of carbonyl (C=O) groups is 1. The molecule has 0 fully saturated rings. The van der Waals surface area contributed by atoms with E-state index >= 15 is 0 Å². The van der Waals surface area contributed by atoms with Gasteiger partial charge in [-0.05, 0) is 34.9 Å². The van der Waals surface area contributed by atoms with Gasteiger partial charge in [-0.15, -0.1) is 0 Å². The number of hydrogen-bond donors (Lipinski definition) is 0. The minimum Gasteiger partial charge on any atom is -0.454 e. The molecule has 1 amide bonds. The molecule has 0 saturated carbocycles. The molecule has 0 aliphatic carbocycles. The van der Waals surface area contributed by atoms with Crippen molar-refractivity contribution in [3.8, 4) is 11.5 Å². The van der Waals surface area contributed by atoms with E-state index < -0.39 is 11.1 Å². The van der Waals surface area contributed by atoms with Gasteiger partial charge in [-0.1, -0.05) is 66.7 Å². The lowest BCUT2D eigenvalue weighted by Gasteiger charge is -2.46. The van der Waals surface area contributed by atoms with Crippen LogP contribution in [-0.4, -0.2) is 22.5 Å². The number of non-ortho nitro benzene ring substituents is 1. The second-order valence-electron chi connectivity index (χ2n) is 8.98. The number of amides is 1. The Hall–Kier alpha value is -4.85. The molecule has 4 aromatic rings. The van der Waals surface area contributed by atoms with Gasteiger partial charge in [0, 0.05) is 25.2 Å². The van der Waals surface area contributed by atoms with Gasteiger partial charge in [-0.2, -0.15) is 0 Å². The summed E-state index contributed by atoms with van der Waals surface area (Å²) in [5.74, 6) is 1.01. The number of nitro groups is 1. The quantitative estimate of drug-likeness (QED) is 0.254. The average molecular weight is 494 g/mol. The number of nitro benzene ring substituents is 1. The standard InChI is InChI=1S/C29H23N3O5/c33-29-24-16-23(32(34)35)12-13-25(24)30(17-20-7-3-1-4-8-20)28(31(29)18-21-9-5-2-6-10-21)22-11-14-26-27(15-22)37-19-36-26/h1-16,28H,17-19H2/t28-/m0/s1. The first-order valence-electron chi connectivity index (χ1n) is 11.9. The fraction of sp³-hybridized carbons (Fsp3) is 0.138. The number of benzene rings is 4. The van der Waals surface area contributed by atoms with Crippen LogP contribution in [0.1, 0.15) is 33.2 Å². The monoisotopic (exact) mass is 493 g/mol. The maximum absolute atomic E-state index is 14.0. The molecule has 0 saturated heterocycles. The molecule has 0 aromatic heterocycles. The minimum absolute atomic E-state index is 0.118. The van der Waals surface area contributed by atoms with Crippen molar-refractivity contribution in [2.24, 2.45) is 0 Å². The minimum atomic E-state index is -0.489. The molecule has 2 heterocycles. The molecule has 1 atom stereocenters. The summed E-state index contributed by atoms with van der Waals surface area (Å²) in [6.45, 7) is 0.964. The second-order valence-corrected chi connectivity index (χ2v) is 8.98. The van der Waals surface area contributed by atoms with E-state index in [0.29, 0.717) is 35.8 Å². The Morgan fingerprint density at radius 2 is 1.43 bits per heavy atom. The van der Waals surface area contributed by atoms with Gasteiger partial charge in [0.05, 0.1) is 16.2 Å². The highest BCUT2D eigenvalue weighted by atomic mass is 16.7. The van der Waals surface area contributed by atoms with Gasteiger partial charge in [0.2, 0.25) is 6.79 Å². The Morgan fingerprint density at radius 3 is 2.11 bits per heavy atom. The van der Waals surface area contributed by atoms with E-state index in [1.54, 1.807) is 11.0 Å². The predicted molar refractivity (Wildman–Crippen MR) is 137 cm³/mol. The fourth-order valence-corrected chi connectivity index (χ4v) is 4.95. The number of carbonyl (C=O) groups excluding carboxylic acids is 1. The zero-order valence-corrected chi connectivity index (χ0v) is 19.8. The smallest absolute Gasteiger partial charge is 0.270 e. The zero-order valence-electron chi connectivity index (χ0n) is 19.8. The molecule has 0 bridgehead atoms. The van der Waals surface area contributed by atoms with E-state index in [1.165, 1.54) is 12.1 Å². The van der Waals surface area contributed by atoms with Gasteiger partial charge in [-0.3, -0.25) is 14.9 Å². The van der Waals surface area contributed by atoms with Crippen molar-refractivity contribution in [3.63, 3.8) is 0 Å². The van der Waals surface area contributed by atoms with Crippen molar-refractivity contribution in [3.05, 3.63) is 129 Å². The van der Waals surface area contributed by atoms with Gasteiger partial charge < -0.3 is 19.3 Å². The molecule has 8 nitrogen and oxygen atoms in total. The van der Waals surface area contributed by atoms with Crippen LogP contribution in [0.15, 0.2) is 97.1 Å². The molecule has 0 radical (unpaired) electrons. The number of nitrogens with zero attached hydrogens (tertiary/aromatic N) is 3. The second kappa shape index (κ2) is 9.31. The highest BCUT2D eigenvalue weighted by Gasteiger charge is 2.40. The lowest BCUT2D eigenvalue weighted by atomic mass is 9.98. The van der Waals surface area contributed by atoms with E-state index in [1.807, 2.05) is 78.9 Å². The van der Waals surface area contributed by atoms with E-state index in [4.69, 9.17) is 9.47 Å². The largest absolute Gasteiger partial charge is 0.454 e. The van der Waals surface area contributed by atoms with Crippen LogP contribution in [-0.2, 0) is 13.1 Å². The summed E-state index contributed by atoms with van der Waals surface area (Å²) >= 11 is 0. The number of rotatable bonds is 6. The van der Waals surface area contributed by atoms with E-state index in [9.17, 15) is 14.9 Å². The Kier molecular flexibility index (Phi) is 5.69. The number of hydrogen-bond acceptors (Lipinski definition) is 6. The van der Waals surface area contributed by atoms with E-state index in [2.05, 4.69) is 4.90 Å². The van der Waals surface area contributed by atoms with Crippen molar-refractivity contribution >= 4 is 17.3 Å². The summed E-state index contributed by atoms with van der Waals surface area (Å²) in [5, 5.41) is 11.6. The summed E-state index contributed by atoms with van der Waals surface area (Å²) in [4.78, 5) is 29.0. The summed E-state index contributed by atoms with van der Waals surface area (Å²) in [7, 11) is 0. The molecular weight excluding hydrogens is 470 g/mol. The van der Waals surface area contributed by atoms with Crippen LogP contribution in [0.3, 0.4) is 0 Å². The van der Waals surface area contributed by atoms with Crippen molar-refractivity contribution in [2.45, 2.75) is 19.3 Å². The normalized spacial score (nSPS) is 16.0. The molecular formula is C29H23N3O5. The molecule has 0 N–H and O–H groups in total. The highest BCUT2D eigenvalue weighted by molar-refractivity contribution is 6.02. The van der Waals surface area contributed by atoms with Crippen LogP contribution >= 0.6 is 0 Å². The fourth-order valence-electron chi connectivity index (χ4n) is 4.95. The maximum atomic E-state index is 14.0. The molecule has 2 aliphatic heterocycles. The van der Waals surface area contributed by atoms with Crippen molar-refractivity contribution in [1.29, 1.82) is 0 Å². The number of fused-ring (bicyclic) bond motifs is 2. The van der Waals surface area contributed by atoms with E-state index in [-0.39, 0.29) is 18.4 Å². The summed E-state index contributed by atoms with van der Waals surface area (Å²) < 4.78 is 11.2. The van der Waals surface area contributed by atoms with Crippen molar-refractivity contribution < 1.29 is 19.2 Å². The van der Waals surface area contributed by atoms with E-state index in [0.717, 1.165) is 16.7 Å². The summed E-state index contributed by atoms with van der Waals surface area (Å²) in [5.41, 5.74) is 3.69. The van der Waals surface area contributed by atoms with Gasteiger partial charge in [-0.25, -0.2) is 0 Å². The molecule has 6 rings (SSSR count). The first-order valence-corrected chi connectivity index (χ1v) is 11.9. The Morgan fingerprint density at radius 1 is 0.784 bits per heavy atom. The first kappa shape index (κ1) is 22.6. The topological polar surface area (TPSA) is 85.1 Å². The number of anilines is 1. The Balaban J connectivity index is 1.53. The molecule has 37 heavy (non-hydrogen) atoms. The van der Waals surface area contributed by atoms with Crippen LogP contribution in [0.5, 0.6) is 11.5 Å². The number of ether oxygens (including phenoxy) is 2. The lowest BCUT2D eigenvalue weighted by molar-refractivity contribution is -0.384. The van der Waals surface area contributed by atoms with Crippen LogP contribution in [0.25, 0.3) is 0 Å². The summed E-state index contributed by atoms with van der Waals surface area (Å²) in [6, 6.07) is 29.9. The van der Waals surface area contributed by atoms with Gasteiger partial charge in [0.15, 0.2) is 11.5 Å². The van der Waals surface area contributed by atoms with Crippen LogP contribution in [0.4, 0.5) is 11.4 Å². The zero-order chi connectivity index (χ0) is 25.4. The third kappa shape index (κ3) is 4.23. The molecule has 8 heteroatoms. The first-order chi connectivity index (χ1) is 18.1. The SMILES string of the molecule is O=C1c2cc([N+](=O)[O-])ccc2N(Cc2ccccc2)[C@H](c2ccc3c(c2)OCO3)N1Cc1ccccc1. The third-order valence-corrected chi connectivity index (χ3v) is 6.67. The van der Waals surface area contributed by atoms with Gasteiger partial charge >= 0.3 is 0 Å². The maximum Gasteiger partial charge on any atom is 0.270 e. The molecule has 4 aromatic carbocycles. The summed E-state index contributed by atoms with van der Waals surface area (Å²) in [6.07, 6.45) is -0.489. The van der Waals surface area contributed by atoms with Crippen LogP contribution < -0.4 is 14.4 Å². The third-order valence-electron chi connectivity index (χ3n) is 6.67. The van der Waals surface area contributed by atoms with Gasteiger partial charge in [0.1, 0.15) is 6.17 Å². The Bertz CT molecular complexity index is 1480.